The summed E-state index contributed by atoms with van der Waals surface area (Å²) in [5.41, 5.74) is 2.20. The van der Waals surface area contributed by atoms with Crippen LogP contribution in [0, 0.1) is 5.92 Å². The SMILES string of the molecule is O=C1CCc2cc(C(=O)OC[C@H]3CC3(Cl)Cl)ccc2N1. The number of hydrogen-bond donors (Lipinski definition) is 1. The van der Waals surface area contributed by atoms with E-state index in [1.165, 1.54) is 0 Å². The Kier molecular flexibility index (Phi) is 3.38. The molecular weight excluding hydrogens is 301 g/mol. The topological polar surface area (TPSA) is 55.4 Å². The Balaban J connectivity index is 1.65. The van der Waals surface area contributed by atoms with Gasteiger partial charge in [0, 0.05) is 18.0 Å². The molecule has 1 aromatic carbocycles. The van der Waals surface area contributed by atoms with E-state index >= 15 is 0 Å². The third-order valence-electron chi connectivity index (χ3n) is 3.61. The second kappa shape index (κ2) is 4.93. The molecule has 0 aromatic heterocycles. The van der Waals surface area contributed by atoms with E-state index in [0.29, 0.717) is 24.8 Å². The number of aryl methyl sites for hydroxylation is 1. The fraction of sp³-hybridized carbons (Fsp3) is 0.429. The zero-order chi connectivity index (χ0) is 14.3. The largest absolute Gasteiger partial charge is 0.462 e. The lowest BCUT2D eigenvalue weighted by atomic mass is 10.0. The summed E-state index contributed by atoms with van der Waals surface area (Å²) >= 11 is 11.8. The number of nitrogens with one attached hydrogen (secondary N) is 1. The molecule has 1 N–H and O–H groups in total. The number of ether oxygens (including phenoxy) is 1. The van der Waals surface area contributed by atoms with E-state index in [0.717, 1.165) is 11.3 Å². The van der Waals surface area contributed by atoms with Gasteiger partial charge in [-0.15, -0.1) is 23.2 Å². The van der Waals surface area contributed by atoms with Crippen LogP contribution in [0.4, 0.5) is 5.69 Å². The van der Waals surface area contributed by atoms with Crippen molar-refractivity contribution in [3.8, 4) is 0 Å². The van der Waals surface area contributed by atoms with Crippen LogP contribution in [0.1, 0.15) is 28.8 Å². The summed E-state index contributed by atoms with van der Waals surface area (Å²) in [6.45, 7) is 0.236. The van der Waals surface area contributed by atoms with Crippen LogP contribution in [-0.2, 0) is 16.0 Å². The van der Waals surface area contributed by atoms with Crippen LogP contribution < -0.4 is 5.32 Å². The first kappa shape index (κ1) is 13.7. The molecule has 20 heavy (non-hydrogen) atoms. The Morgan fingerprint density at radius 3 is 2.85 bits per heavy atom. The molecular formula is C14H13Cl2NO3. The number of fused-ring (bicyclic) bond motifs is 1. The quantitative estimate of drug-likeness (QED) is 0.689. The van der Waals surface area contributed by atoms with Crippen molar-refractivity contribution in [1.29, 1.82) is 0 Å². The van der Waals surface area contributed by atoms with Gasteiger partial charge in [-0.3, -0.25) is 4.79 Å². The Labute approximate surface area is 126 Å². The van der Waals surface area contributed by atoms with Crippen LogP contribution in [0.2, 0.25) is 0 Å². The van der Waals surface area contributed by atoms with Crippen molar-refractivity contribution in [3.05, 3.63) is 29.3 Å². The Hall–Kier alpha value is -1.26. The van der Waals surface area contributed by atoms with Gasteiger partial charge in [-0.25, -0.2) is 4.79 Å². The van der Waals surface area contributed by atoms with Crippen LogP contribution >= 0.6 is 23.2 Å². The molecule has 0 unspecified atom stereocenters. The highest BCUT2D eigenvalue weighted by Gasteiger charge is 2.52. The van der Waals surface area contributed by atoms with Gasteiger partial charge in [0.1, 0.15) is 4.33 Å². The van der Waals surface area contributed by atoms with Crippen molar-refractivity contribution < 1.29 is 14.3 Å². The molecule has 2 aliphatic rings. The Morgan fingerprint density at radius 1 is 1.40 bits per heavy atom. The maximum atomic E-state index is 11.9. The number of halogens is 2. The van der Waals surface area contributed by atoms with E-state index in [1.807, 2.05) is 0 Å². The molecule has 0 saturated heterocycles. The van der Waals surface area contributed by atoms with Gasteiger partial charge >= 0.3 is 5.97 Å². The van der Waals surface area contributed by atoms with E-state index in [9.17, 15) is 9.59 Å². The van der Waals surface area contributed by atoms with Gasteiger partial charge in [0.2, 0.25) is 5.91 Å². The van der Waals surface area contributed by atoms with Crippen molar-refractivity contribution in [2.45, 2.75) is 23.6 Å². The molecule has 1 aliphatic carbocycles. The van der Waals surface area contributed by atoms with Gasteiger partial charge in [-0.1, -0.05) is 0 Å². The molecule has 106 valence electrons. The zero-order valence-electron chi connectivity index (χ0n) is 10.6. The van der Waals surface area contributed by atoms with E-state index in [1.54, 1.807) is 18.2 Å². The van der Waals surface area contributed by atoms with Gasteiger partial charge in [0.15, 0.2) is 0 Å². The molecule has 1 heterocycles. The van der Waals surface area contributed by atoms with Crippen molar-refractivity contribution in [2.24, 2.45) is 5.92 Å². The number of esters is 1. The molecule has 1 aliphatic heterocycles. The summed E-state index contributed by atoms with van der Waals surface area (Å²) < 4.78 is 4.47. The molecule has 1 amide bonds. The average Bonchev–Trinajstić information content (AvgIpc) is 3.03. The molecule has 1 aromatic rings. The van der Waals surface area contributed by atoms with Crippen LogP contribution in [0.3, 0.4) is 0 Å². The van der Waals surface area contributed by atoms with Crippen molar-refractivity contribution in [1.82, 2.24) is 0 Å². The van der Waals surface area contributed by atoms with Crippen molar-refractivity contribution >= 4 is 40.8 Å². The summed E-state index contributed by atoms with van der Waals surface area (Å²) in [5.74, 6) is -0.366. The molecule has 0 radical (unpaired) electrons. The normalized spacial score (nSPS) is 22.7. The minimum absolute atomic E-state index is 0.00197. The summed E-state index contributed by atoms with van der Waals surface area (Å²) in [6, 6.07) is 5.14. The molecule has 1 atom stereocenters. The summed E-state index contributed by atoms with van der Waals surface area (Å²) in [6.07, 6.45) is 1.73. The van der Waals surface area contributed by atoms with Gasteiger partial charge in [-0.2, -0.15) is 0 Å². The Bertz CT molecular complexity index is 586. The predicted molar refractivity (Wildman–Crippen MR) is 76.2 cm³/mol. The smallest absolute Gasteiger partial charge is 0.338 e. The average molecular weight is 314 g/mol. The summed E-state index contributed by atoms with van der Waals surface area (Å²) in [5, 5.41) is 2.77. The molecule has 0 spiro atoms. The number of carbonyl (C=O) groups excluding carboxylic acids is 2. The number of alkyl halides is 2. The number of rotatable bonds is 3. The first-order valence-corrected chi connectivity index (χ1v) is 7.19. The number of amides is 1. The van der Waals surface area contributed by atoms with E-state index in [2.05, 4.69) is 5.32 Å². The highest BCUT2D eigenvalue weighted by Crippen LogP contribution is 2.53. The monoisotopic (exact) mass is 313 g/mol. The molecule has 1 saturated carbocycles. The lowest BCUT2D eigenvalue weighted by Gasteiger charge is -2.17. The lowest BCUT2D eigenvalue weighted by Crippen LogP contribution is -2.19. The van der Waals surface area contributed by atoms with Crippen molar-refractivity contribution in [2.75, 3.05) is 11.9 Å². The number of benzene rings is 1. The zero-order valence-corrected chi connectivity index (χ0v) is 12.1. The maximum absolute atomic E-state index is 11.9. The molecule has 4 nitrogen and oxygen atoms in total. The fourth-order valence-corrected chi connectivity index (χ4v) is 2.72. The van der Waals surface area contributed by atoms with Crippen molar-refractivity contribution in [3.63, 3.8) is 0 Å². The minimum atomic E-state index is -0.736. The highest BCUT2D eigenvalue weighted by molar-refractivity contribution is 6.50. The molecule has 3 rings (SSSR count). The van der Waals surface area contributed by atoms with Crippen LogP contribution in [0.5, 0.6) is 0 Å². The predicted octanol–water partition coefficient (Wildman–Crippen LogP) is 2.92. The number of hydrogen-bond acceptors (Lipinski definition) is 3. The second-order valence-corrected chi connectivity index (χ2v) is 6.72. The third kappa shape index (κ3) is 2.76. The number of anilines is 1. The summed E-state index contributed by atoms with van der Waals surface area (Å²) in [4.78, 5) is 23.2. The third-order valence-corrected chi connectivity index (χ3v) is 4.53. The number of carbonyl (C=O) groups is 2. The van der Waals surface area contributed by atoms with Gasteiger partial charge in [-0.05, 0) is 36.6 Å². The van der Waals surface area contributed by atoms with E-state index in [-0.39, 0.29) is 24.4 Å². The van der Waals surface area contributed by atoms with Crippen LogP contribution in [0.15, 0.2) is 18.2 Å². The minimum Gasteiger partial charge on any atom is -0.462 e. The van der Waals surface area contributed by atoms with Gasteiger partial charge < -0.3 is 10.1 Å². The highest BCUT2D eigenvalue weighted by atomic mass is 35.5. The van der Waals surface area contributed by atoms with Gasteiger partial charge in [0.05, 0.1) is 12.2 Å². The lowest BCUT2D eigenvalue weighted by molar-refractivity contribution is -0.116. The fourth-order valence-electron chi connectivity index (χ4n) is 2.22. The van der Waals surface area contributed by atoms with Crippen LogP contribution in [-0.4, -0.2) is 22.8 Å². The standard InChI is InChI=1S/C14H13Cl2NO3/c15-14(16)6-10(14)7-20-13(19)9-1-3-11-8(5-9)2-4-12(18)17-11/h1,3,5,10H,2,4,6-7H2,(H,17,18)/t10-/m1/s1. The summed E-state index contributed by atoms with van der Waals surface area (Å²) in [7, 11) is 0. The maximum Gasteiger partial charge on any atom is 0.338 e. The first-order chi connectivity index (χ1) is 9.45. The molecule has 1 fully saturated rings. The first-order valence-electron chi connectivity index (χ1n) is 6.43. The van der Waals surface area contributed by atoms with Gasteiger partial charge in [0.25, 0.3) is 0 Å². The van der Waals surface area contributed by atoms with Crippen LogP contribution in [0.25, 0.3) is 0 Å². The molecule has 6 heteroatoms. The Morgan fingerprint density at radius 2 is 2.15 bits per heavy atom. The molecule has 0 bridgehead atoms. The van der Waals surface area contributed by atoms with E-state index in [4.69, 9.17) is 27.9 Å². The van der Waals surface area contributed by atoms with E-state index < -0.39 is 4.33 Å². The second-order valence-electron chi connectivity index (χ2n) is 5.18.